The first-order chi connectivity index (χ1) is 9.47. The van der Waals surface area contributed by atoms with Crippen LogP contribution in [0, 0.1) is 22.9 Å². The second-order valence-corrected chi connectivity index (χ2v) is 5.72. The summed E-state index contributed by atoms with van der Waals surface area (Å²) in [4.78, 5) is 10.4. The van der Waals surface area contributed by atoms with E-state index < -0.39 is 4.92 Å². The van der Waals surface area contributed by atoms with Crippen LogP contribution in [0.25, 0.3) is 0 Å². The topological polar surface area (TPSA) is 43.1 Å². The summed E-state index contributed by atoms with van der Waals surface area (Å²) in [5, 5.41) is 11.0. The van der Waals surface area contributed by atoms with Crippen LogP contribution in [-0.2, 0) is 6.42 Å². The molecule has 0 N–H and O–H groups in total. The van der Waals surface area contributed by atoms with Gasteiger partial charge in [0.15, 0.2) is 0 Å². The van der Waals surface area contributed by atoms with Gasteiger partial charge in [0.2, 0.25) is 0 Å². The fraction of sp³-hybridized carbons (Fsp3) is 0.200. The van der Waals surface area contributed by atoms with Crippen molar-refractivity contribution in [1.82, 2.24) is 0 Å². The van der Waals surface area contributed by atoms with Crippen molar-refractivity contribution in [2.45, 2.75) is 18.2 Å². The standard InChI is InChI=1S/C15H13BrFNO2/c1-10-6-12(8-13(17)7-10)14(16)9-11-4-2-3-5-15(11)18(19)20/h2-8,14H,9H2,1H3. The molecule has 0 radical (unpaired) electrons. The van der Waals surface area contributed by atoms with Crippen molar-refractivity contribution in [3.05, 3.63) is 75.1 Å². The Kier molecular flexibility index (Phi) is 4.49. The molecule has 1 unspecified atom stereocenters. The Bertz CT molecular complexity index is 625. The SMILES string of the molecule is Cc1cc(F)cc(C(Br)Cc2ccccc2[N+](=O)[O-])c1. The number of nitro groups is 1. The van der Waals surface area contributed by atoms with Gasteiger partial charge in [-0.05, 0) is 36.6 Å². The van der Waals surface area contributed by atoms with Crippen molar-refractivity contribution in [1.29, 1.82) is 0 Å². The first-order valence-electron chi connectivity index (χ1n) is 6.11. The summed E-state index contributed by atoms with van der Waals surface area (Å²) in [6.45, 7) is 1.82. The van der Waals surface area contributed by atoms with E-state index in [0.717, 1.165) is 11.1 Å². The molecular formula is C15H13BrFNO2. The number of aryl methyl sites for hydroxylation is 1. The summed E-state index contributed by atoms with van der Waals surface area (Å²) >= 11 is 3.49. The molecule has 3 nitrogen and oxygen atoms in total. The summed E-state index contributed by atoms with van der Waals surface area (Å²) in [6, 6.07) is 11.4. The lowest BCUT2D eigenvalue weighted by atomic mass is 10.0. The van der Waals surface area contributed by atoms with Crippen molar-refractivity contribution in [2.24, 2.45) is 0 Å². The predicted molar refractivity (Wildman–Crippen MR) is 79.6 cm³/mol. The highest BCUT2D eigenvalue weighted by Gasteiger charge is 2.17. The Morgan fingerprint density at radius 2 is 2.00 bits per heavy atom. The molecule has 0 aliphatic rings. The molecule has 0 heterocycles. The number of hydrogen-bond donors (Lipinski definition) is 0. The lowest BCUT2D eigenvalue weighted by Crippen LogP contribution is -2.00. The van der Waals surface area contributed by atoms with E-state index in [1.165, 1.54) is 18.2 Å². The number of halogens is 2. The zero-order valence-electron chi connectivity index (χ0n) is 10.8. The second kappa shape index (κ2) is 6.13. The van der Waals surface area contributed by atoms with E-state index in [2.05, 4.69) is 15.9 Å². The molecule has 0 aliphatic carbocycles. The zero-order chi connectivity index (χ0) is 14.7. The van der Waals surface area contributed by atoms with E-state index in [-0.39, 0.29) is 16.3 Å². The third-order valence-corrected chi connectivity index (χ3v) is 3.87. The summed E-state index contributed by atoms with van der Waals surface area (Å²) in [7, 11) is 0. The van der Waals surface area contributed by atoms with Gasteiger partial charge in [-0.1, -0.05) is 40.2 Å². The van der Waals surface area contributed by atoms with Gasteiger partial charge < -0.3 is 0 Å². The zero-order valence-corrected chi connectivity index (χ0v) is 12.4. The quantitative estimate of drug-likeness (QED) is 0.460. The number of nitro benzene ring substituents is 1. The molecule has 0 saturated carbocycles. The fourth-order valence-corrected chi connectivity index (χ4v) is 2.73. The van der Waals surface area contributed by atoms with Crippen molar-refractivity contribution >= 4 is 21.6 Å². The van der Waals surface area contributed by atoms with Crippen molar-refractivity contribution < 1.29 is 9.31 Å². The molecule has 1 atom stereocenters. The van der Waals surface area contributed by atoms with Crippen molar-refractivity contribution in [3.8, 4) is 0 Å². The largest absolute Gasteiger partial charge is 0.272 e. The minimum Gasteiger partial charge on any atom is -0.258 e. The molecule has 0 fully saturated rings. The molecule has 0 spiro atoms. The smallest absolute Gasteiger partial charge is 0.258 e. The molecule has 0 bridgehead atoms. The maximum absolute atomic E-state index is 13.4. The molecule has 2 aromatic carbocycles. The number of alkyl halides is 1. The van der Waals surface area contributed by atoms with Gasteiger partial charge in [0.1, 0.15) is 5.82 Å². The molecule has 2 rings (SSSR count). The van der Waals surface area contributed by atoms with Gasteiger partial charge in [-0.2, -0.15) is 0 Å². The van der Waals surface area contributed by atoms with Gasteiger partial charge in [-0.3, -0.25) is 10.1 Å². The molecule has 0 amide bonds. The monoisotopic (exact) mass is 337 g/mol. The van der Waals surface area contributed by atoms with Crippen LogP contribution in [0.3, 0.4) is 0 Å². The molecule has 0 aromatic heterocycles. The van der Waals surface area contributed by atoms with Gasteiger partial charge in [-0.15, -0.1) is 0 Å². The number of benzene rings is 2. The Morgan fingerprint density at radius 1 is 1.30 bits per heavy atom. The average Bonchev–Trinajstić information content (AvgIpc) is 2.37. The predicted octanol–water partition coefficient (Wildman–Crippen LogP) is 4.72. The maximum atomic E-state index is 13.4. The van der Waals surface area contributed by atoms with E-state index in [4.69, 9.17) is 0 Å². The number of para-hydroxylation sites is 1. The maximum Gasteiger partial charge on any atom is 0.272 e. The summed E-state index contributed by atoms with van der Waals surface area (Å²) in [5.41, 5.74) is 2.32. The van der Waals surface area contributed by atoms with Crippen LogP contribution in [0.15, 0.2) is 42.5 Å². The van der Waals surface area contributed by atoms with Gasteiger partial charge in [0.05, 0.1) is 4.92 Å². The third kappa shape index (κ3) is 3.42. The van der Waals surface area contributed by atoms with E-state index in [1.807, 2.05) is 13.0 Å². The minimum atomic E-state index is -0.397. The van der Waals surface area contributed by atoms with Crippen LogP contribution in [0.1, 0.15) is 21.5 Å². The highest BCUT2D eigenvalue weighted by molar-refractivity contribution is 9.09. The first-order valence-corrected chi connectivity index (χ1v) is 7.02. The molecular weight excluding hydrogens is 325 g/mol. The van der Waals surface area contributed by atoms with Crippen LogP contribution in [0.4, 0.5) is 10.1 Å². The van der Waals surface area contributed by atoms with Gasteiger partial charge in [0.25, 0.3) is 5.69 Å². The van der Waals surface area contributed by atoms with Crippen LogP contribution in [0.2, 0.25) is 0 Å². The third-order valence-electron chi connectivity index (χ3n) is 3.01. The first kappa shape index (κ1) is 14.7. The van der Waals surface area contributed by atoms with Crippen LogP contribution in [-0.4, -0.2) is 4.92 Å². The molecule has 104 valence electrons. The van der Waals surface area contributed by atoms with Crippen molar-refractivity contribution in [2.75, 3.05) is 0 Å². The van der Waals surface area contributed by atoms with E-state index in [9.17, 15) is 14.5 Å². The summed E-state index contributed by atoms with van der Waals surface area (Å²) < 4.78 is 13.4. The Hall–Kier alpha value is -1.75. The Labute approximate surface area is 124 Å². The molecule has 2 aromatic rings. The fourth-order valence-electron chi connectivity index (χ4n) is 2.12. The van der Waals surface area contributed by atoms with Gasteiger partial charge in [0, 0.05) is 16.5 Å². The van der Waals surface area contributed by atoms with Crippen LogP contribution < -0.4 is 0 Å². The molecule has 0 aliphatic heterocycles. The summed E-state index contributed by atoms with van der Waals surface area (Å²) in [6.07, 6.45) is 0.431. The van der Waals surface area contributed by atoms with E-state index in [1.54, 1.807) is 18.2 Å². The second-order valence-electron chi connectivity index (χ2n) is 4.62. The number of nitrogens with zero attached hydrogens (tertiary/aromatic N) is 1. The van der Waals surface area contributed by atoms with Crippen LogP contribution >= 0.6 is 15.9 Å². The van der Waals surface area contributed by atoms with E-state index in [0.29, 0.717) is 12.0 Å². The van der Waals surface area contributed by atoms with E-state index >= 15 is 0 Å². The lowest BCUT2D eigenvalue weighted by molar-refractivity contribution is -0.385. The Morgan fingerprint density at radius 3 is 2.65 bits per heavy atom. The number of rotatable bonds is 4. The van der Waals surface area contributed by atoms with Gasteiger partial charge >= 0.3 is 0 Å². The molecule has 5 heteroatoms. The number of hydrogen-bond acceptors (Lipinski definition) is 2. The lowest BCUT2D eigenvalue weighted by Gasteiger charge is -2.11. The van der Waals surface area contributed by atoms with Crippen molar-refractivity contribution in [3.63, 3.8) is 0 Å². The molecule has 0 saturated heterocycles. The summed E-state index contributed by atoms with van der Waals surface area (Å²) in [5.74, 6) is -0.299. The van der Waals surface area contributed by atoms with Gasteiger partial charge in [-0.25, -0.2) is 4.39 Å². The molecule has 20 heavy (non-hydrogen) atoms. The normalized spacial score (nSPS) is 12.2. The highest BCUT2D eigenvalue weighted by atomic mass is 79.9. The minimum absolute atomic E-state index is 0.0880. The average molecular weight is 338 g/mol. The van der Waals surface area contributed by atoms with Crippen LogP contribution in [0.5, 0.6) is 0 Å². The Balaban J connectivity index is 2.28. The highest BCUT2D eigenvalue weighted by Crippen LogP contribution is 2.31.